The second kappa shape index (κ2) is 13.0. The molecule has 0 amide bonds. The van der Waals surface area contributed by atoms with Gasteiger partial charge in [-0.15, -0.1) is 0 Å². The normalized spacial score (nSPS) is 25.4. The third kappa shape index (κ3) is 8.80. The Hall–Kier alpha value is -0.706. The molecule has 2 aliphatic rings. The molecule has 0 radical (unpaired) electrons. The topological polar surface area (TPSA) is 71.1 Å². The van der Waals surface area contributed by atoms with Crippen LogP contribution in [0.3, 0.4) is 0 Å². The average molecular weight is 459 g/mol. The van der Waals surface area contributed by atoms with Gasteiger partial charge in [0.05, 0.1) is 13.2 Å². The van der Waals surface area contributed by atoms with Gasteiger partial charge in [-0.1, -0.05) is 50.7 Å². The molecular weight excluding hydrogens is 416 g/mol. The number of rotatable bonds is 11. The third-order valence-corrected chi connectivity index (χ3v) is 16.8. The van der Waals surface area contributed by atoms with Gasteiger partial charge >= 0.3 is 11.9 Å². The van der Waals surface area contributed by atoms with Crippen LogP contribution in [0.15, 0.2) is 0 Å². The summed E-state index contributed by atoms with van der Waals surface area (Å²) >= 11 is 0. The molecule has 30 heavy (non-hydrogen) atoms. The number of hydrogen-bond acceptors (Lipinski definition) is 6. The zero-order valence-corrected chi connectivity index (χ0v) is 21.6. The maximum atomic E-state index is 12.9. The molecule has 6 nitrogen and oxygen atoms in total. The highest BCUT2D eigenvalue weighted by atomic mass is 28.4. The van der Waals surface area contributed by atoms with Gasteiger partial charge in [0.15, 0.2) is 5.92 Å². The number of carbonyl (C=O) groups excluding carboxylic acids is 2. The molecule has 0 spiro atoms. The quantitative estimate of drug-likeness (QED) is 0.255. The predicted octanol–water partition coefficient (Wildman–Crippen LogP) is 4.65. The van der Waals surface area contributed by atoms with E-state index in [1.807, 2.05) is 0 Å². The minimum absolute atomic E-state index is 0.485. The van der Waals surface area contributed by atoms with Crippen LogP contribution in [-0.2, 0) is 28.5 Å². The molecule has 0 saturated carbocycles. The van der Waals surface area contributed by atoms with Crippen LogP contribution < -0.4 is 0 Å². The van der Waals surface area contributed by atoms with Crippen molar-refractivity contribution in [3.63, 3.8) is 0 Å². The van der Waals surface area contributed by atoms with Crippen molar-refractivity contribution >= 4 is 28.8 Å². The van der Waals surface area contributed by atoms with Gasteiger partial charge in [-0.3, -0.25) is 9.59 Å². The van der Waals surface area contributed by atoms with Crippen molar-refractivity contribution in [2.24, 2.45) is 5.92 Å². The molecule has 0 aromatic rings. The first-order valence-corrected chi connectivity index (χ1v) is 18.2. The smallest absolute Gasteiger partial charge is 0.322 e. The molecule has 3 unspecified atom stereocenters. The van der Waals surface area contributed by atoms with Crippen LogP contribution in [0.1, 0.15) is 58.3 Å². The van der Waals surface area contributed by atoms with Gasteiger partial charge in [0, 0.05) is 29.7 Å². The molecule has 8 heteroatoms. The average Bonchev–Trinajstić information content (AvgIpc) is 2.72. The van der Waals surface area contributed by atoms with E-state index in [9.17, 15) is 9.59 Å². The molecule has 0 aromatic carbocycles. The summed E-state index contributed by atoms with van der Waals surface area (Å²) in [4.78, 5) is 25.7. The van der Waals surface area contributed by atoms with Crippen molar-refractivity contribution in [1.29, 1.82) is 0 Å². The lowest BCUT2D eigenvalue weighted by molar-refractivity contribution is -0.204. The van der Waals surface area contributed by atoms with Crippen LogP contribution in [0.4, 0.5) is 0 Å². The maximum Gasteiger partial charge on any atom is 0.322 e. The lowest BCUT2D eigenvalue weighted by Crippen LogP contribution is -2.37. The largest absolute Gasteiger partial charge is 0.435 e. The van der Waals surface area contributed by atoms with Crippen molar-refractivity contribution in [3.05, 3.63) is 0 Å². The molecular formula is C22H42O6Si2. The molecule has 0 aliphatic carbocycles. The van der Waals surface area contributed by atoms with Crippen molar-refractivity contribution < 1.29 is 28.5 Å². The Balaban J connectivity index is 1.96. The van der Waals surface area contributed by atoms with Crippen LogP contribution in [0.5, 0.6) is 0 Å². The lowest BCUT2D eigenvalue weighted by Gasteiger charge is -2.29. The fourth-order valence-electron chi connectivity index (χ4n) is 4.51. The summed E-state index contributed by atoms with van der Waals surface area (Å²) in [6.45, 7) is 10.8. The predicted molar refractivity (Wildman–Crippen MR) is 123 cm³/mol. The van der Waals surface area contributed by atoms with E-state index in [0.717, 1.165) is 38.1 Å². The Labute approximate surface area is 185 Å². The fraction of sp³-hybridized carbons (Fsp3) is 0.909. The van der Waals surface area contributed by atoms with E-state index in [4.69, 9.17) is 18.9 Å². The van der Waals surface area contributed by atoms with Crippen LogP contribution in [0.2, 0.25) is 37.4 Å². The Bertz CT molecular complexity index is 500. The second-order valence-electron chi connectivity index (χ2n) is 9.67. The summed E-state index contributed by atoms with van der Waals surface area (Å²) in [6.07, 6.45) is 5.59. The first-order valence-electron chi connectivity index (χ1n) is 12.0. The van der Waals surface area contributed by atoms with E-state index in [2.05, 4.69) is 26.6 Å². The summed E-state index contributed by atoms with van der Waals surface area (Å²) < 4.78 is 22.2. The van der Waals surface area contributed by atoms with Crippen molar-refractivity contribution in [1.82, 2.24) is 0 Å². The van der Waals surface area contributed by atoms with Gasteiger partial charge in [-0.2, -0.15) is 0 Å². The third-order valence-electron chi connectivity index (χ3n) is 6.37. The Kier molecular flexibility index (Phi) is 11.1. The van der Waals surface area contributed by atoms with Gasteiger partial charge in [0.25, 0.3) is 0 Å². The molecule has 3 atom stereocenters. The fourth-order valence-corrected chi connectivity index (χ4v) is 15.8. The minimum Gasteiger partial charge on any atom is -0.435 e. The number of ether oxygens (including phenoxy) is 4. The summed E-state index contributed by atoms with van der Waals surface area (Å²) in [6, 6.07) is 2.40. The molecule has 0 bridgehead atoms. The van der Waals surface area contributed by atoms with Crippen LogP contribution >= 0.6 is 0 Å². The van der Waals surface area contributed by atoms with Gasteiger partial charge in [-0.25, -0.2) is 0 Å². The number of esters is 2. The van der Waals surface area contributed by atoms with Crippen molar-refractivity contribution in [3.8, 4) is 0 Å². The SMILES string of the molecule is CC[Si](C)(CCCC(C(=O)OC1CCCCO1)C(=O)OC1CCCCO1)C[SiH](C)C. The summed E-state index contributed by atoms with van der Waals surface area (Å²) in [5.74, 6) is -1.88. The van der Waals surface area contributed by atoms with E-state index in [1.165, 1.54) is 11.7 Å². The van der Waals surface area contributed by atoms with Gasteiger partial charge in [0.2, 0.25) is 12.6 Å². The van der Waals surface area contributed by atoms with Gasteiger partial charge < -0.3 is 18.9 Å². The van der Waals surface area contributed by atoms with Crippen LogP contribution in [-0.4, -0.2) is 54.6 Å². The molecule has 2 aliphatic heterocycles. The monoisotopic (exact) mass is 458 g/mol. The zero-order chi connectivity index (χ0) is 22.0. The highest BCUT2D eigenvalue weighted by molar-refractivity contribution is 6.88. The maximum absolute atomic E-state index is 12.9. The van der Waals surface area contributed by atoms with Crippen LogP contribution in [0, 0.1) is 5.92 Å². The molecule has 0 aromatic heterocycles. The first kappa shape index (κ1) is 25.6. The summed E-state index contributed by atoms with van der Waals surface area (Å²) in [7, 11) is -1.93. The van der Waals surface area contributed by atoms with Crippen molar-refractivity contribution in [2.75, 3.05) is 13.2 Å². The van der Waals surface area contributed by atoms with Gasteiger partial charge in [-0.05, 0) is 32.1 Å². The minimum atomic E-state index is -1.30. The lowest BCUT2D eigenvalue weighted by atomic mass is 10.0. The van der Waals surface area contributed by atoms with E-state index >= 15 is 0 Å². The zero-order valence-electron chi connectivity index (χ0n) is 19.5. The highest BCUT2D eigenvalue weighted by Gasteiger charge is 2.35. The number of carbonyl (C=O) groups is 2. The van der Waals surface area contributed by atoms with E-state index < -0.39 is 47.3 Å². The van der Waals surface area contributed by atoms with E-state index in [1.54, 1.807) is 0 Å². The van der Waals surface area contributed by atoms with Gasteiger partial charge in [0.1, 0.15) is 0 Å². The Morgan fingerprint density at radius 3 is 1.93 bits per heavy atom. The molecule has 174 valence electrons. The first-order chi connectivity index (χ1) is 14.3. The molecule has 2 heterocycles. The Morgan fingerprint density at radius 1 is 1.00 bits per heavy atom. The van der Waals surface area contributed by atoms with E-state index in [-0.39, 0.29) is 0 Å². The Morgan fingerprint density at radius 2 is 1.53 bits per heavy atom. The standard InChI is InChI=1S/C22H42O6Si2/c1-5-30(4,17-29(2)3)16-10-11-18(21(23)27-19-12-6-8-14-25-19)22(24)28-20-13-7-9-15-26-20/h18-20,29H,5-17H2,1-4H3. The van der Waals surface area contributed by atoms with Crippen LogP contribution in [0.25, 0.3) is 0 Å². The molecule has 2 saturated heterocycles. The molecule has 0 N–H and O–H groups in total. The van der Waals surface area contributed by atoms with E-state index in [0.29, 0.717) is 32.5 Å². The highest BCUT2D eigenvalue weighted by Crippen LogP contribution is 2.27. The second-order valence-corrected chi connectivity index (χ2v) is 18.9. The van der Waals surface area contributed by atoms with Crippen molar-refractivity contribution in [2.45, 2.75) is 108 Å². The molecule has 2 rings (SSSR count). The molecule has 2 fully saturated rings. The summed E-state index contributed by atoms with van der Waals surface area (Å²) in [5.41, 5.74) is 1.41. The summed E-state index contributed by atoms with van der Waals surface area (Å²) in [5, 5.41) is 0. The number of hydrogen-bond donors (Lipinski definition) is 0.